The second kappa shape index (κ2) is 9.45. The number of aromatic nitrogens is 2. The summed E-state index contributed by atoms with van der Waals surface area (Å²) in [5.74, 6) is 0.652. The Morgan fingerprint density at radius 1 is 1.13 bits per heavy atom. The maximum atomic E-state index is 12.7. The average Bonchev–Trinajstić information content (AvgIpc) is 3.13. The molecule has 2 N–H and O–H groups in total. The lowest BCUT2D eigenvalue weighted by atomic mass is 10.1. The highest BCUT2D eigenvalue weighted by molar-refractivity contribution is 8.02. The predicted molar refractivity (Wildman–Crippen MR) is 121 cm³/mol. The lowest BCUT2D eigenvalue weighted by molar-refractivity contribution is 0.0994. The van der Waals surface area contributed by atoms with Crippen molar-refractivity contribution in [2.75, 3.05) is 23.4 Å². The fourth-order valence-electron chi connectivity index (χ4n) is 2.49. The van der Waals surface area contributed by atoms with Crippen molar-refractivity contribution < 1.29 is 17.9 Å². The molecule has 0 saturated carbocycles. The van der Waals surface area contributed by atoms with Gasteiger partial charge in [-0.15, -0.1) is 10.2 Å². The lowest BCUT2D eigenvalue weighted by Gasteiger charge is -2.09. The maximum absolute atomic E-state index is 12.7. The van der Waals surface area contributed by atoms with Gasteiger partial charge in [0.15, 0.2) is 10.1 Å². The summed E-state index contributed by atoms with van der Waals surface area (Å²) in [6.45, 7) is 1.80. The number of Topliss-reactive ketones (excluding diaryl/α,β-unsaturated/α-hetero) is 1. The molecule has 0 fully saturated rings. The number of carbonyl (C=O) groups excluding carboxylic acids is 1. The second-order valence-electron chi connectivity index (χ2n) is 6.31. The van der Waals surface area contributed by atoms with E-state index in [-0.39, 0.29) is 11.0 Å². The van der Waals surface area contributed by atoms with Crippen molar-refractivity contribution >= 4 is 55.4 Å². The van der Waals surface area contributed by atoms with E-state index in [9.17, 15) is 13.2 Å². The monoisotopic (exact) mass is 464 g/mol. The van der Waals surface area contributed by atoms with Crippen LogP contribution < -0.4 is 14.8 Å². The van der Waals surface area contributed by atoms with E-state index in [0.717, 1.165) is 17.7 Å². The molecule has 0 radical (unpaired) electrons. The molecule has 2 aromatic carbocycles. The minimum absolute atomic E-state index is 0.0802. The Morgan fingerprint density at radius 3 is 2.53 bits per heavy atom. The molecule has 0 saturated heterocycles. The molecule has 0 aliphatic rings. The summed E-state index contributed by atoms with van der Waals surface area (Å²) in [4.78, 5) is 12.7. The number of ketones is 1. The number of sulfonamides is 1. The second-order valence-corrected chi connectivity index (χ2v) is 10.6. The molecular formula is C19H20N4O4S3. The van der Waals surface area contributed by atoms with Crippen LogP contribution in [0.15, 0.2) is 52.9 Å². The Labute approximate surface area is 183 Å². The smallest absolute Gasteiger partial charge is 0.229 e. The zero-order valence-electron chi connectivity index (χ0n) is 16.4. The number of hydrogen-bond acceptors (Lipinski definition) is 9. The van der Waals surface area contributed by atoms with Gasteiger partial charge in [-0.25, -0.2) is 8.42 Å². The molecule has 0 amide bonds. The minimum Gasteiger partial charge on any atom is -0.497 e. The Kier molecular flexibility index (Phi) is 6.95. The molecule has 0 bridgehead atoms. The SMILES string of the molecule is COc1cccc(Nc2nnc(SC(C)C(=O)c3ccc(NS(C)(=O)=O)cc3)s2)c1. The van der Waals surface area contributed by atoms with Gasteiger partial charge in [-0.1, -0.05) is 29.2 Å². The van der Waals surface area contributed by atoms with E-state index < -0.39 is 10.0 Å². The molecule has 11 heteroatoms. The number of ether oxygens (including phenoxy) is 1. The van der Waals surface area contributed by atoms with Gasteiger partial charge >= 0.3 is 0 Å². The highest BCUT2D eigenvalue weighted by Crippen LogP contribution is 2.32. The number of anilines is 3. The van der Waals surface area contributed by atoms with Crippen LogP contribution in [0.3, 0.4) is 0 Å². The van der Waals surface area contributed by atoms with E-state index in [1.54, 1.807) is 38.3 Å². The van der Waals surface area contributed by atoms with Crippen molar-refractivity contribution in [3.05, 3.63) is 54.1 Å². The third kappa shape index (κ3) is 6.18. The molecule has 0 aliphatic heterocycles. The Balaban J connectivity index is 1.61. The summed E-state index contributed by atoms with van der Waals surface area (Å²) in [6, 6.07) is 13.8. The third-order valence-corrected chi connectivity index (χ3v) is 6.48. The highest BCUT2D eigenvalue weighted by atomic mass is 32.2. The molecule has 3 rings (SSSR count). The van der Waals surface area contributed by atoms with Gasteiger partial charge in [-0.3, -0.25) is 9.52 Å². The van der Waals surface area contributed by atoms with Gasteiger partial charge in [-0.2, -0.15) is 0 Å². The van der Waals surface area contributed by atoms with E-state index in [1.807, 2.05) is 24.3 Å². The van der Waals surface area contributed by atoms with Crippen LogP contribution in [-0.4, -0.2) is 43.0 Å². The van der Waals surface area contributed by atoms with E-state index in [4.69, 9.17) is 4.74 Å². The fraction of sp³-hybridized carbons (Fsp3) is 0.211. The Bertz CT molecular complexity index is 1130. The van der Waals surface area contributed by atoms with E-state index in [1.165, 1.54) is 23.1 Å². The zero-order chi connectivity index (χ0) is 21.7. The van der Waals surface area contributed by atoms with Gasteiger partial charge in [0.1, 0.15) is 5.75 Å². The first-order valence-corrected chi connectivity index (χ1v) is 12.4. The Hall–Kier alpha value is -2.63. The first-order valence-electron chi connectivity index (χ1n) is 8.77. The molecule has 158 valence electrons. The largest absolute Gasteiger partial charge is 0.497 e. The first kappa shape index (κ1) is 22.1. The van der Waals surface area contributed by atoms with Crippen molar-refractivity contribution in [2.45, 2.75) is 16.5 Å². The molecule has 3 aromatic rings. The zero-order valence-corrected chi connectivity index (χ0v) is 18.9. The quantitative estimate of drug-likeness (QED) is 0.361. The molecule has 8 nitrogen and oxygen atoms in total. The van der Waals surface area contributed by atoms with E-state index >= 15 is 0 Å². The number of nitrogens with one attached hydrogen (secondary N) is 2. The normalized spacial score (nSPS) is 12.2. The number of benzene rings is 2. The highest BCUT2D eigenvalue weighted by Gasteiger charge is 2.19. The molecule has 1 atom stereocenters. The number of thioether (sulfide) groups is 1. The van der Waals surface area contributed by atoms with Gasteiger partial charge in [0, 0.05) is 23.0 Å². The minimum atomic E-state index is -3.36. The van der Waals surface area contributed by atoms with E-state index in [2.05, 4.69) is 20.2 Å². The summed E-state index contributed by atoms with van der Waals surface area (Å²) < 4.78 is 30.8. The number of rotatable bonds is 9. The van der Waals surface area contributed by atoms with Gasteiger partial charge in [-0.05, 0) is 43.3 Å². The topological polar surface area (TPSA) is 110 Å². The average molecular weight is 465 g/mol. The van der Waals surface area contributed by atoms with Crippen molar-refractivity contribution in [3.63, 3.8) is 0 Å². The number of hydrogen-bond donors (Lipinski definition) is 2. The van der Waals surface area contributed by atoms with Crippen molar-refractivity contribution in [2.24, 2.45) is 0 Å². The van der Waals surface area contributed by atoms with Gasteiger partial charge in [0.2, 0.25) is 15.2 Å². The van der Waals surface area contributed by atoms with Crippen LogP contribution in [0.4, 0.5) is 16.5 Å². The third-order valence-electron chi connectivity index (χ3n) is 3.85. The van der Waals surface area contributed by atoms with E-state index in [0.29, 0.717) is 20.7 Å². The summed E-state index contributed by atoms with van der Waals surface area (Å²) in [7, 11) is -1.75. The fourth-order valence-corrected chi connectivity index (χ4v) is 5.05. The van der Waals surface area contributed by atoms with Crippen LogP contribution in [0.5, 0.6) is 5.75 Å². The van der Waals surface area contributed by atoms with Crippen LogP contribution in [-0.2, 0) is 10.0 Å². The molecule has 1 unspecified atom stereocenters. The van der Waals surface area contributed by atoms with Crippen LogP contribution in [0.25, 0.3) is 0 Å². The van der Waals surface area contributed by atoms with Gasteiger partial charge in [0.25, 0.3) is 0 Å². The van der Waals surface area contributed by atoms with Crippen LogP contribution in [0.2, 0.25) is 0 Å². The van der Waals surface area contributed by atoms with Gasteiger partial charge < -0.3 is 10.1 Å². The van der Waals surface area contributed by atoms with Crippen LogP contribution in [0, 0.1) is 0 Å². The maximum Gasteiger partial charge on any atom is 0.229 e. The number of methoxy groups -OCH3 is 1. The standard InChI is InChI=1S/C19H20N4O4S3/c1-12(17(24)13-7-9-14(10-8-13)23-30(3,25)26)28-19-22-21-18(29-19)20-15-5-4-6-16(11-15)27-2/h4-12,23H,1-3H3,(H,20,21). The summed E-state index contributed by atoms with van der Waals surface area (Å²) >= 11 is 2.67. The number of carbonyl (C=O) groups is 1. The summed E-state index contributed by atoms with van der Waals surface area (Å²) in [6.07, 6.45) is 1.07. The molecular weight excluding hydrogens is 444 g/mol. The molecule has 0 aliphatic carbocycles. The van der Waals surface area contributed by atoms with Gasteiger partial charge in [0.05, 0.1) is 18.6 Å². The van der Waals surface area contributed by atoms with Crippen molar-refractivity contribution in [1.82, 2.24) is 10.2 Å². The van der Waals surface area contributed by atoms with Crippen molar-refractivity contribution in [3.8, 4) is 5.75 Å². The number of nitrogens with zero attached hydrogens (tertiary/aromatic N) is 2. The van der Waals surface area contributed by atoms with Crippen LogP contribution >= 0.6 is 23.1 Å². The molecule has 30 heavy (non-hydrogen) atoms. The summed E-state index contributed by atoms with van der Waals surface area (Å²) in [5, 5.41) is 11.7. The Morgan fingerprint density at radius 2 is 1.87 bits per heavy atom. The van der Waals surface area contributed by atoms with Crippen molar-refractivity contribution in [1.29, 1.82) is 0 Å². The summed E-state index contributed by atoms with van der Waals surface area (Å²) in [5.41, 5.74) is 1.73. The first-order chi connectivity index (χ1) is 14.2. The molecule has 1 aromatic heterocycles. The molecule has 0 spiro atoms. The van der Waals surface area contributed by atoms with Crippen LogP contribution in [0.1, 0.15) is 17.3 Å². The molecule has 1 heterocycles. The predicted octanol–water partition coefficient (Wildman–Crippen LogP) is 4.03. The lowest BCUT2D eigenvalue weighted by Crippen LogP contribution is -2.14.